The smallest absolute Gasteiger partial charge is 0.304 e. The molecule has 1 N–H and O–H groups in total. The summed E-state index contributed by atoms with van der Waals surface area (Å²) < 4.78 is 0. The van der Waals surface area contributed by atoms with Gasteiger partial charge in [0.15, 0.2) is 0 Å². The molecule has 0 radical (unpaired) electrons. The minimum Gasteiger partial charge on any atom is -0.481 e. The summed E-state index contributed by atoms with van der Waals surface area (Å²) in [6, 6.07) is 0.634. The molecule has 0 amide bonds. The molecule has 4 nitrogen and oxygen atoms in total. The fourth-order valence-corrected chi connectivity index (χ4v) is 2.41. The maximum absolute atomic E-state index is 10.7. The van der Waals surface area contributed by atoms with Gasteiger partial charge in [-0.05, 0) is 20.5 Å². The number of hydrogen-bond acceptors (Lipinski definition) is 3. The van der Waals surface area contributed by atoms with E-state index in [4.69, 9.17) is 5.11 Å². The van der Waals surface area contributed by atoms with Crippen LogP contribution < -0.4 is 0 Å². The Morgan fingerprint density at radius 1 is 1.50 bits per heavy atom. The molecular weight excluding hydrogens is 180 g/mol. The van der Waals surface area contributed by atoms with Gasteiger partial charge in [0.25, 0.3) is 0 Å². The molecule has 1 saturated heterocycles. The second-order valence-electron chi connectivity index (χ2n) is 4.15. The van der Waals surface area contributed by atoms with Crippen LogP contribution in [0.1, 0.15) is 20.3 Å². The number of piperazine rings is 1. The van der Waals surface area contributed by atoms with Gasteiger partial charge in [-0.25, -0.2) is 0 Å². The fourth-order valence-electron chi connectivity index (χ4n) is 2.41. The first-order chi connectivity index (χ1) is 6.54. The average molecular weight is 200 g/mol. The number of likely N-dealkylation sites (N-methyl/N-ethyl adjacent to an activating group) is 2. The molecule has 1 aliphatic rings. The Balaban J connectivity index is 2.62. The number of rotatable bonds is 3. The van der Waals surface area contributed by atoms with Crippen LogP contribution >= 0.6 is 0 Å². The largest absolute Gasteiger partial charge is 0.481 e. The highest BCUT2D eigenvalue weighted by Crippen LogP contribution is 2.16. The molecule has 0 aliphatic carbocycles. The molecule has 1 fully saturated rings. The second kappa shape index (κ2) is 4.75. The van der Waals surface area contributed by atoms with Gasteiger partial charge in [-0.1, -0.05) is 6.92 Å². The highest BCUT2D eigenvalue weighted by molar-refractivity contribution is 5.67. The molecule has 0 saturated carbocycles. The Labute approximate surface area is 85.5 Å². The highest BCUT2D eigenvalue weighted by Gasteiger charge is 2.30. The molecule has 0 bridgehead atoms. The fraction of sp³-hybridized carbons (Fsp3) is 0.900. The second-order valence-corrected chi connectivity index (χ2v) is 4.15. The third kappa shape index (κ3) is 2.69. The third-order valence-electron chi connectivity index (χ3n) is 2.91. The van der Waals surface area contributed by atoms with E-state index in [1.807, 2.05) is 0 Å². The minimum atomic E-state index is -0.698. The highest BCUT2D eigenvalue weighted by atomic mass is 16.4. The van der Waals surface area contributed by atoms with Crippen molar-refractivity contribution in [1.82, 2.24) is 9.80 Å². The van der Waals surface area contributed by atoms with Crippen LogP contribution in [0, 0.1) is 0 Å². The van der Waals surface area contributed by atoms with E-state index in [0.717, 1.165) is 19.6 Å². The molecule has 82 valence electrons. The zero-order valence-corrected chi connectivity index (χ0v) is 9.23. The van der Waals surface area contributed by atoms with E-state index in [-0.39, 0.29) is 12.5 Å². The van der Waals surface area contributed by atoms with Crippen LogP contribution in [0.2, 0.25) is 0 Å². The maximum atomic E-state index is 10.7. The van der Waals surface area contributed by atoms with Crippen LogP contribution in [-0.4, -0.2) is 59.6 Å². The molecule has 14 heavy (non-hydrogen) atoms. The summed E-state index contributed by atoms with van der Waals surface area (Å²) >= 11 is 0. The van der Waals surface area contributed by atoms with E-state index in [1.54, 1.807) is 0 Å². The SMILES string of the molecule is CCN1C(C)CN(C)CC1CC(=O)O. The van der Waals surface area contributed by atoms with Crippen LogP contribution in [0.3, 0.4) is 0 Å². The Kier molecular flexibility index (Phi) is 3.89. The van der Waals surface area contributed by atoms with Gasteiger partial charge in [-0.2, -0.15) is 0 Å². The molecule has 1 aliphatic heterocycles. The van der Waals surface area contributed by atoms with Crippen molar-refractivity contribution in [2.24, 2.45) is 0 Å². The third-order valence-corrected chi connectivity index (χ3v) is 2.91. The molecule has 2 atom stereocenters. The lowest BCUT2D eigenvalue weighted by Crippen LogP contribution is -2.56. The summed E-state index contributed by atoms with van der Waals surface area (Å²) in [6.07, 6.45) is 0.252. The van der Waals surface area contributed by atoms with E-state index >= 15 is 0 Å². The predicted molar refractivity (Wildman–Crippen MR) is 55.4 cm³/mol. The van der Waals surface area contributed by atoms with Crippen molar-refractivity contribution in [3.63, 3.8) is 0 Å². The first-order valence-electron chi connectivity index (χ1n) is 5.20. The van der Waals surface area contributed by atoms with Crippen LogP contribution in [-0.2, 0) is 4.79 Å². The number of carbonyl (C=O) groups is 1. The van der Waals surface area contributed by atoms with E-state index in [0.29, 0.717) is 6.04 Å². The summed E-state index contributed by atoms with van der Waals surface area (Å²) in [5, 5.41) is 8.81. The first kappa shape index (κ1) is 11.5. The molecule has 1 rings (SSSR count). The molecule has 0 aromatic carbocycles. The lowest BCUT2D eigenvalue weighted by Gasteiger charge is -2.43. The van der Waals surface area contributed by atoms with Gasteiger partial charge >= 0.3 is 5.97 Å². The molecule has 0 aromatic heterocycles. The number of nitrogens with zero attached hydrogens (tertiary/aromatic N) is 2. The van der Waals surface area contributed by atoms with E-state index < -0.39 is 5.97 Å². The maximum Gasteiger partial charge on any atom is 0.304 e. The first-order valence-corrected chi connectivity index (χ1v) is 5.20. The van der Waals surface area contributed by atoms with E-state index in [1.165, 1.54) is 0 Å². The van der Waals surface area contributed by atoms with Gasteiger partial charge in [0.1, 0.15) is 0 Å². The van der Waals surface area contributed by atoms with Crippen molar-refractivity contribution in [2.75, 3.05) is 26.7 Å². The Bertz CT molecular complexity index is 208. The summed E-state index contributed by atoms with van der Waals surface area (Å²) in [7, 11) is 2.05. The van der Waals surface area contributed by atoms with Crippen LogP contribution in [0.15, 0.2) is 0 Å². The summed E-state index contributed by atoms with van der Waals surface area (Å²) in [5.74, 6) is -0.698. The van der Waals surface area contributed by atoms with Gasteiger partial charge < -0.3 is 10.0 Å². The standard InChI is InChI=1S/C10H20N2O2/c1-4-12-8(2)6-11(3)7-9(12)5-10(13)14/h8-9H,4-7H2,1-3H3,(H,13,14). The Hall–Kier alpha value is -0.610. The minimum absolute atomic E-state index is 0.172. The van der Waals surface area contributed by atoms with E-state index in [9.17, 15) is 4.79 Å². The summed E-state index contributed by atoms with van der Waals surface area (Å²) in [6.45, 7) is 7.09. The van der Waals surface area contributed by atoms with Crippen LogP contribution in [0.4, 0.5) is 0 Å². The normalized spacial score (nSPS) is 30.5. The van der Waals surface area contributed by atoms with Gasteiger partial charge in [0, 0.05) is 25.2 Å². The van der Waals surface area contributed by atoms with Crippen molar-refractivity contribution in [2.45, 2.75) is 32.4 Å². The van der Waals surface area contributed by atoms with Crippen LogP contribution in [0.5, 0.6) is 0 Å². The van der Waals surface area contributed by atoms with Crippen molar-refractivity contribution < 1.29 is 9.90 Å². The summed E-state index contributed by atoms with van der Waals surface area (Å²) in [4.78, 5) is 15.2. The zero-order valence-electron chi connectivity index (χ0n) is 9.23. The predicted octanol–water partition coefficient (Wildman–Crippen LogP) is 0.485. The van der Waals surface area contributed by atoms with E-state index in [2.05, 4.69) is 30.7 Å². The van der Waals surface area contributed by atoms with Crippen molar-refractivity contribution in [3.05, 3.63) is 0 Å². The number of carboxylic acids is 1. The van der Waals surface area contributed by atoms with Gasteiger partial charge in [-0.3, -0.25) is 9.69 Å². The van der Waals surface area contributed by atoms with Crippen molar-refractivity contribution in [3.8, 4) is 0 Å². The number of aliphatic carboxylic acids is 1. The Morgan fingerprint density at radius 3 is 2.64 bits per heavy atom. The van der Waals surface area contributed by atoms with Crippen molar-refractivity contribution >= 4 is 5.97 Å². The van der Waals surface area contributed by atoms with Gasteiger partial charge in [-0.15, -0.1) is 0 Å². The zero-order chi connectivity index (χ0) is 10.7. The quantitative estimate of drug-likeness (QED) is 0.720. The molecule has 1 heterocycles. The monoisotopic (exact) mass is 200 g/mol. The Morgan fingerprint density at radius 2 is 2.14 bits per heavy atom. The van der Waals surface area contributed by atoms with Crippen molar-refractivity contribution in [1.29, 1.82) is 0 Å². The summed E-state index contributed by atoms with van der Waals surface area (Å²) in [5.41, 5.74) is 0. The molecule has 0 aromatic rings. The molecule has 2 unspecified atom stereocenters. The number of hydrogen-bond donors (Lipinski definition) is 1. The van der Waals surface area contributed by atoms with Gasteiger partial charge in [0.05, 0.1) is 6.42 Å². The molecule has 4 heteroatoms. The molecular formula is C10H20N2O2. The molecule has 0 spiro atoms. The van der Waals surface area contributed by atoms with Crippen LogP contribution in [0.25, 0.3) is 0 Å². The van der Waals surface area contributed by atoms with Gasteiger partial charge in [0.2, 0.25) is 0 Å². The number of carboxylic acid groups (broad SMARTS) is 1. The average Bonchev–Trinajstić information content (AvgIpc) is 2.01. The lowest BCUT2D eigenvalue weighted by molar-refractivity contribution is -0.139. The topological polar surface area (TPSA) is 43.8 Å². The lowest BCUT2D eigenvalue weighted by atomic mass is 10.0.